The molecule has 1 fully saturated rings. The number of hydrogen-bond acceptors (Lipinski definition) is 3. The molecule has 7 heteroatoms. The van der Waals surface area contributed by atoms with E-state index in [-0.39, 0.29) is 23.6 Å². The maximum Gasteiger partial charge on any atom is 0.255 e. The van der Waals surface area contributed by atoms with E-state index in [9.17, 15) is 14.4 Å². The lowest BCUT2D eigenvalue weighted by molar-refractivity contribution is -0.120. The second-order valence-corrected chi connectivity index (χ2v) is 7.64. The van der Waals surface area contributed by atoms with E-state index >= 15 is 0 Å². The molecule has 0 bridgehead atoms. The highest BCUT2D eigenvalue weighted by Gasteiger charge is 2.21. The lowest BCUT2D eigenvalue weighted by atomic mass is 9.88. The predicted octanol–water partition coefficient (Wildman–Crippen LogP) is 5.07. The van der Waals surface area contributed by atoms with Crippen molar-refractivity contribution in [1.82, 2.24) is 0 Å². The Morgan fingerprint density at radius 1 is 0.897 bits per heavy atom. The van der Waals surface area contributed by atoms with Gasteiger partial charge in [-0.1, -0.05) is 36.9 Å². The summed E-state index contributed by atoms with van der Waals surface area (Å²) in [5.41, 5.74) is 1.99. The molecule has 0 spiro atoms. The van der Waals surface area contributed by atoms with Gasteiger partial charge in [0.05, 0.1) is 10.7 Å². The van der Waals surface area contributed by atoms with Crippen molar-refractivity contribution in [3.05, 3.63) is 53.1 Å². The van der Waals surface area contributed by atoms with Crippen molar-refractivity contribution < 1.29 is 14.4 Å². The molecule has 3 amide bonds. The molecular formula is C22H24ClN3O3. The number of rotatable bonds is 5. The average molecular weight is 414 g/mol. The Hall–Kier alpha value is -2.86. The first-order valence-corrected chi connectivity index (χ1v) is 10.1. The van der Waals surface area contributed by atoms with Crippen LogP contribution in [0.3, 0.4) is 0 Å². The van der Waals surface area contributed by atoms with E-state index in [2.05, 4.69) is 16.0 Å². The van der Waals surface area contributed by atoms with Gasteiger partial charge in [-0.2, -0.15) is 0 Å². The summed E-state index contributed by atoms with van der Waals surface area (Å²) in [6, 6.07) is 11.7. The molecule has 0 radical (unpaired) electrons. The molecule has 0 unspecified atom stereocenters. The first kappa shape index (κ1) is 20.9. The van der Waals surface area contributed by atoms with Gasteiger partial charge in [0, 0.05) is 29.8 Å². The normalized spacial score (nSPS) is 14.1. The second-order valence-electron chi connectivity index (χ2n) is 7.23. The zero-order chi connectivity index (χ0) is 20.8. The summed E-state index contributed by atoms with van der Waals surface area (Å²) in [6.07, 6.45) is 5.19. The van der Waals surface area contributed by atoms with E-state index in [1.54, 1.807) is 42.5 Å². The molecule has 1 aliphatic rings. The largest absolute Gasteiger partial charge is 0.326 e. The summed E-state index contributed by atoms with van der Waals surface area (Å²) >= 11 is 6.21. The van der Waals surface area contributed by atoms with Crippen LogP contribution in [0.1, 0.15) is 49.4 Å². The molecule has 3 rings (SSSR count). The van der Waals surface area contributed by atoms with Gasteiger partial charge in [-0.25, -0.2) is 0 Å². The minimum atomic E-state index is -0.340. The van der Waals surface area contributed by atoms with Gasteiger partial charge in [0.15, 0.2) is 0 Å². The minimum absolute atomic E-state index is 0.0128. The highest BCUT2D eigenvalue weighted by atomic mass is 35.5. The second kappa shape index (κ2) is 9.56. The Morgan fingerprint density at radius 3 is 2.31 bits per heavy atom. The lowest BCUT2D eigenvalue weighted by Gasteiger charge is -2.20. The molecule has 0 atom stereocenters. The number of carbonyl (C=O) groups excluding carboxylic acids is 3. The topological polar surface area (TPSA) is 87.3 Å². The van der Waals surface area contributed by atoms with Crippen molar-refractivity contribution in [3.8, 4) is 0 Å². The van der Waals surface area contributed by atoms with Gasteiger partial charge in [0.2, 0.25) is 11.8 Å². The SMILES string of the molecule is CC(=O)Nc1ccc(NC(=O)c2cccc(NC(=O)C3CCCCC3)c2)c(Cl)c1. The monoisotopic (exact) mass is 413 g/mol. The van der Waals surface area contributed by atoms with Crippen LogP contribution in [0.25, 0.3) is 0 Å². The Morgan fingerprint density at radius 2 is 1.62 bits per heavy atom. The van der Waals surface area contributed by atoms with Crippen molar-refractivity contribution in [2.45, 2.75) is 39.0 Å². The fourth-order valence-corrected chi connectivity index (χ4v) is 3.67. The van der Waals surface area contributed by atoms with Gasteiger partial charge < -0.3 is 16.0 Å². The number of benzene rings is 2. The van der Waals surface area contributed by atoms with Crippen LogP contribution in [0.4, 0.5) is 17.1 Å². The van der Waals surface area contributed by atoms with E-state index in [1.165, 1.54) is 13.3 Å². The van der Waals surface area contributed by atoms with E-state index in [1.807, 2.05) is 0 Å². The van der Waals surface area contributed by atoms with Gasteiger partial charge in [0.1, 0.15) is 0 Å². The summed E-state index contributed by atoms with van der Waals surface area (Å²) in [6.45, 7) is 1.41. The van der Waals surface area contributed by atoms with E-state index in [4.69, 9.17) is 11.6 Å². The molecule has 0 aromatic heterocycles. The molecule has 29 heavy (non-hydrogen) atoms. The summed E-state index contributed by atoms with van der Waals surface area (Å²) in [4.78, 5) is 36.2. The van der Waals surface area contributed by atoms with Gasteiger partial charge >= 0.3 is 0 Å². The van der Waals surface area contributed by atoms with Crippen molar-refractivity contribution in [2.24, 2.45) is 5.92 Å². The maximum absolute atomic E-state index is 12.6. The van der Waals surface area contributed by atoms with Crippen LogP contribution >= 0.6 is 11.6 Å². The van der Waals surface area contributed by atoms with E-state index in [0.29, 0.717) is 27.6 Å². The number of hydrogen-bond donors (Lipinski definition) is 3. The predicted molar refractivity (Wildman–Crippen MR) is 115 cm³/mol. The molecule has 3 N–H and O–H groups in total. The molecule has 1 saturated carbocycles. The standard InChI is InChI=1S/C22H24ClN3O3/c1-14(27)24-18-10-11-20(19(23)13-18)26-22(29)16-8-5-9-17(12-16)25-21(28)15-6-3-2-4-7-15/h5,8-13,15H,2-4,6-7H2,1H3,(H,24,27)(H,25,28)(H,26,29). The smallest absolute Gasteiger partial charge is 0.255 e. The molecule has 2 aromatic rings. The molecule has 0 saturated heterocycles. The summed E-state index contributed by atoms with van der Waals surface area (Å²) in [5.74, 6) is -0.487. The van der Waals surface area contributed by atoms with Crippen molar-refractivity contribution in [1.29, 1.82) is 0 Å². The molecule has 6 nitrogen and oxygen atoms in total. The van der Waals surface area contributed by atoms with Crippen molar-refractivity contribution >= 4 is 46.4 Å². The van der Waals surface area contributed by atoms with Crippen LogP contribution in [0.2, 0.25) is 5.02 Å². The fraction of sp³-hybridized carbons (Fsp3) is 0.318. The van der Waals surface area contributed by atoms with Crippen LogP contribution < -0.4 is 16.0 Å². The van der Waals surface area contributed by atoms with Crippen molar-refractivity contribution in [2.75, 3.05) is 16.0 Å². The Labute approximate surface area is 175 Å². The molecular weight excluding hydrogens is 390 g/mol. The highest BCUT2D eigenvalue weighted by Crippen LogP contribution is 2.27. The Bertz CT molecular complexity index is 923. The summed E-state index contributed by atoms with van der Waals surface area (Å²) in [7, 11) is 0. The van der Waals surface area contributed by atoms with Gasteiger partial charge in [0.25, 0.3) is 5.91 Å². The third kappa shape index (κ3) is 5.81. The van der Waals surface area contributed by atoms with Crippen LogP contribution in [0.15, 0.2) is 42.5 Å². The summed E-state index contributed by atoms with van der Waals surface area (Å²) < 4.78 is 0. The van der Waals surface area contributed by atoms with Crippen LogP contribution in [0.5, 0.6) is 0 Å². The molecule has 0 heterocycles. The van der Waals surface area contributed by atoms with Crippen LogP contribution in [-0.4, -0.2) is 17.7 Å². The lowest BCUT2D eigenvalue weighted by Crippen LogP contribution is -2.24. The Kier molecular flexibility index (Phi) is 6.88. The van der Waals surface area contributed by atoms with Gasteiger partial charge in [-0.15, -0.1) is 0 Å². The van der Waals surface area contributed by atoms with Crippen molar-refractivity contribution in [3.63, 3.8) is 0 Å². The average Bonchev–Trinajstić information content (AvgIpc) is 2.70. The first-order valence-electron chi connectivity index (χ1n) is 9.72. The zero-order valence-corrected chi connectivity index (χ0v) is 17.0. The minimum Gasteiger partial charge on any atom is -0.326 e. The third-order valence-electron chi connectivity index (χ3n) is 4.91. The molecule has 2 aromatic carbocycles. The number of carbonyl (C=O) groups is 3. The fourth-order valence-electron chi connectivity index (χ4n) is 3.44. The summed E-state index contributed by atoms with van der Waals surface area (Å²) in [5, 5.41) is 8.62. The zero-order valence-electron chi connectivity index (χ0n) is 16.3. The van der Waals surface area contributed by atoms with Gasteiger partial charge in [-0.3, -0.25) is 14.4 Å². The highest BCUT2D eigenvalue weighted by molar-refractivity contribution is 6.34. The first-order chi connectivity index (χ1) is 13.9. The molecule has 1 aliphatic carbocycles. The molecule has 152 valence electrons. The number of anilines is 3. The van der Waals surface area contributed by atoms with Gasteiger partial charge in [-0.05, 0) is 49.2 Å². The third-order valence-corrected chi connectivity index (χ3v) is 5.22. The number of halogens is 1. The van der Waals surface area contributed by atoms with Crippen LogP contribution in [0, 0.1) is 5.92 Å². The van der Waals surface area contributed by atoms with Crippen LogP contribution in [-0.2, 0) is 9.59 Å². The van der Waals surface area contributed by atoms with E-state index < -0.39 is 0 Å². The number of nitrogens with one attached hydrogen (secondary N) is 3. The number of amides is 3. The quantitative estimate of drug-likeness (QED) is 0.639. The maximum atomic E-state index is 12.6. The van der Waals surface area contributed by atoms with E-state index in [0.717, 1.165) is 25.7 Å². The molecule has 0 aliphatic heterocycles. The Balaban J connectivity index is 1.66.